The SMILES string of the molecule is Cc1c(C(=O)Nc2ccc(CCN3CCC(C(N)=O)CC3)cc2)sc2ncn(C)c(=O)c12. The Bertz CT molecular complexity index is 1210. The standard InChI is InChI=1S/C23H27N5O3S/c1-14-18-22(25-13-27(2)23(18)31)32-19(14)21(30)26-17-5-3-15(4-6-17)7-10-28-11-8-16(9-12-28)20(24)29/h3-6,13,16H,7-12H2,1-2H3,(H2,24,29)(H,26,30). The lowest BCUT2D eigenvalue weighted by Crippen LogP contribution is -2.39. The minimum absolute atomic E-state index is 0.0116. The van der Waals surface area contributed by atoms with Crippen molar-refractivity contribution in [2.24, 2.45) is 18.7 Å². The summed E-state index contributed by atoms with van der Waals surface area (Å²) in [7, 11) is 1.65. The fraction of sp³-hybridized carbons (Fsp3) is 0.391. The Kier molecular flexibility index (Phi) is 6.38. The number of likely N-dealkylation sites (tertiary alicyclic amines) is 1. The van der Waals surface area contributed by atoms with Crippen molar-refractivity contribution in [3.8, 4) is 0 Å². The molecule has 9 heteroatoms. The molecule has 0 radical (unpaired) electrons. The lowest BCUT2D eigenvalue weighted by Gasteiger charge is -2.30. The fourth-order valence-electron chi connectivity index (χ4n) is 4.10. The number of aryl methyl sites for hydroxylation is 2. The van der Waals surface area contributed by atoms with Gasteiger partial charge in [-0.25, -0.2) is 4.98 Å². The second-order valence-corrected chi connectivity index (χ2v) is 9.32. The summed E-state index contributed by atoms with van der Waals surface area (Å²) < 4.78 is 1.42. The normalized spacial score (nSPS) is 15.2. The number of carbonyl (C=O) groups excluding carboxylic acids is 2. The molecular formula is C23H27N5O3S. The number of hydrogen-bond donors (Lipinski definition) is 2. The van der Waals surface area contributed by atoms with Gasteiger partial charge in [0.25, 0.3) is 11.5 Å². The lowest BCUT2D eigenvalue weighted by atomic mass is 9.96. The summed E-state index contributed by atoms with van der Waals surface area (Å²) in [5.74, 6) is -0.415. The first-order chi connectivity index (χ1) is 15.3. The van der Waals surface area contributed by atoms with Crippen LogP contribution in [0.4, 0.5) is 5.69 Å². The zero-order chi connectivity index (χ0) is 22.8. The van der Waals surface area contributed by atoms with Gasteiger partial charge in [0.15, 0.2) is 0 Å². The van der Waals surface area contributed by atoms with Gasteiger partial charge in [0.1, 0.15) is 4.83 Å². The summed E-state index contributed by atoms with van der Waals surface area (Å²) in [5.41, 5.74) is 7.80. The molecule has 168 valence electrons. The van der Waals surface area contributed by atoms with Gasteiger partial charge < -0.3 is 20.5 Å². The van der Waals surface area contributed by atoms with Crippen molar-refractivity contribution in [3.05, 3.63) is 57.0 Å². The molecule has 3 N–H and O–H groups in total. The molecule has 0 bridgehead atoms. The third-order valence-electron chi connectivity index (χ3n) is 6.14. The highest BCUT2D eigenvalue weighted by atomic mass is 32.1. The molecule has 1 aliphatic rings. The van der Waals surface area contributed by atoms with E-state index in [9.17, 15) is 14.4 Å². The Balaban J connectivity index is 1.36. The van der Waals surface area contributed by atoms with Crippen LogP contribution in [-0.4, -0.2) is 45.9 Å². The maximum atomic E-state index is 12.8. The Hall–Kier alpha value is -3.04. The predicted octanol–water partition coefficient (Wildman–Crippen LogP) is 2.30. The van der Waals surface area contributed by atoms with Gasteiger partial charge in [-0.05, 0) is 62.5 Å². The molecule has 0 unspecified atom stereocenters. The van der Waals surface area contributed by atoms with Crippen molar-refractivity contribution < 1.29 is 9.59 Å². The monoisotopic (exact) mass is 453 g/mol. The van der Waals surface area contributed by atoms with E-state index in [4.69, 9.17) is 5.73 Å². The number of piperidine rings is 1. The van der Waals surface area contributed by atoms with E-state index >= 15 is 0 Å². The number of primary amides is 1. The molecule has 1 fully saturated rings. The van der Waals surface area contributed by atoms with Crippen LogP contribution >= 0.6 is 11.3 Å². The number of nitrogens with one attached hydrogen (secondary N) is 1. The molecule has 4 rings (SSSR count). The van der Waals surface area contributed by atoms with Crippen LogP contribution in [0.2, 0.25) is 0 Å². The van der Waals surface area contributed by atoms with Gasteiger partial charge in [0.05, 0.1) is 16.6 Å². The van der Waals surface area contributed by atoms with Crippen LogP contribution in [0.3, 0.4) is 0 Å². The van der Waals surface area contributed by atoms with Crippen LogP contribution in [0.5, 0.6) is 0 Å². The van der Waals surface area contributed by atoms with Crippen LogP contribution < -0.4 is 16.6 Å². The zero-order valence-electron chi connectivity index (χ0n) is 18.3. The van der Waals surface area contributed by atoms with Crippen molar-refractivity contribution in [3.63, 3.8) is 0 Å². The summed E-state index contributed by atoms with van der Waals surface area (Å²) in [4.78, 5) is 44.2. The van der Waals surface area contributed by atoms with Crippen molar-refractivity contribution in [2.75, 3.05) is 25.0 Å². The van der Waals surface area contributed by atoms with Gasteiger partial charge in [-0.1, -0.05) is 12.1 Å². The second kappa shape index (κ2) is 9.22. The average Bonchev–Trinajstić information content (AvgIpc) is 3.13. The molecule has 2 aromatic heterocycles. The molecule has 2 amide bonds. The summed E-state index contributed by atoms with van der Waals surface area (Å²) in [6, 6.07) is 7.82. The van der Waals surface area contributed by atoms with Gasteiger partial charge in [-0.15, -0.1) is 11.3 Å². The largest absolute Gasteiger partial charge is 0.369 e. The number of benzene rings is 1. The van der Waals surface area contributed by atoms with Crippen LogP contribution in [0.25, 0.3) is 10.2 Å². The molecule has 0 spiro atoms. The third-order valence-corrected chi connectivity index (χ3v) is 7.33. The first-order valence-electron chi connectivity index (χ1n) is 10.7. The van der Waals surface area contributed by atoms with E-state index in [2.05, 4.69) is 15.2 Å². The number of fused-ring (bicyclic) bond motifs is 1. The fourth-order valence-corrected chi connectivity index (χ4v) is 5.13. The molecule has 32 heavy (non-hydrogen) atoms. The summed E-state index contributed by atoms with van der Waals surface area (Å²) in [5, 5.41) is 3.42. The highest BCUT2D eigenvalue weighted by Gasteiger charge is 2.23. The van der Waals surface area contributed by atoms with Crippen LogP contribution in [0.1, 0.15) is 33.6 Å². The molecule has 8 nitrogen and oxygen atoms in total. The van der Waals surface area contributed by atoms with Gasteiger partial charge in [-0.2, -0.15) is 0 Å². The van der Waals surface area contributed by atoms with E-state index < -0.39 is 0 Å². The Morgan fingerprint density at radius 2 is 1.91 bits per heavy atom. The quantitative estimate of drug-likeness (QED) is 0.595. The predicted molar refractivity (Wildman–Crippen MR) is 126 cm³/mol. The number of nitrogens with zero attached hydrogens (tertiary/aromatic N) is 3. The smallest absolute Gasteiger partial charge is 0.266 e. The highest BCUT2D eigenvalue weighted by molar-refractivity contribution is 7.20. The average molecular weight is 454 g/mol. The number of rotatable bonds is 6. The second-order valence-electron chi connectivity index (χ2n) is 8.32. The molecule has 0 aliphatic carbocycles. The summed E-state index contributed by atoms with van der Waals surface area (Å²) in [6.45, 7) is 4.51. The zero-order valence-corrected chi connectivity index (χ0v) is 19.1. The van der Waals surface area contributed by atoms with Gasteiger partial charge in [-0.3, -0.25) is 14.4 Å². The van der Waals surface area contributed by atoms with E-state index in [0.29, 0.717) is 26.3 Å². The topological polar surface area (TPSA) is 110 Å². The van der Waals surface area contributed by atoms with E-state index in [1.807, 2.05) is 24.3 Å². The van der Waals surface area contributed by atoms with Gasteiger partial charge in [0.2, 0.25) is 5.91 Å². The van der Waals surface area contributed by atoms with Gasteiger partial charge >= 0.3 is 0 Å². The molecule has 0 atom stereocenters. The minimum Gasteiger partial charge on any atom is -0.369 e. The van der Waals surface area contributed by atoms with Crippen molar-refractivity contribution in [1.29, 1.82) is 0 Å². The first-order valence-corrected chi connectivity index (χ1v) is 11.5. The summed E-state index contributed by atoms with van der Waals surface area (Å²) >= 11 is 1.23. The molecule has 0 saturated carbocycles. The Morgan fingerprint density at radius 3 is 2.56 bits per heavy atom. The molecule has 1 aliphatic heterocycles. The van der Waals surface area contributed by atoms with E-state index in [1.165, 1.54) is 27.8 Å². The molecule has 1 saturated heterocycles. The number of hydrogen-bond acceptors (Lipinski definition) is 6. The Morgan fingerprint density at radius 1 is 1.22 bits per heavy atom. The van der Waals surface area contributed by atoms with Crippen LogP contribution in [0, 0.1) is 12.8 Å². The number of anilines is 1. The Labute approximate surface area is 190 Å². The van der Waals surface area contributed by atoms with Crippen molar-refractivity contribution >= 4 is 39.1 Å². The summed E-state index contributed by atoms with van der Waals surface area (Å²) in [6.07, 6.45) is 4.04. The number of aromatic nitrogens is 2. The van der Waals surface area contributed by atoms with Crippen LogP contribution in [-0.2, 0) is 18.3 Å². The maximum absolute atomic E-state index is 12.8. The van der Waals surface area contributed by atoms with Gasteiger partial charge in [0, 0.05) is 25.2 Å². The third kappa shape index (κ3) is 4.58. The molecule has 3 aromatic rings. The molecule has 3 heterocycles. The van der Waals surface area contributed by atoms with E-state index in [1.54, 1.807) is 14.0 Å². The highest BCUT2D eigenvalue weighted by Crippen LogP contribution is 2.27. The first kappa shape index (κ1) is 22.2. The number of nitrogens with two attached hydrogens (primary N) is 1. The maximum Gasteiger partial charge on any atom is 0.266 e. The lowest BCUT2D eigenvalue weighted by molar-refractivity contribution is -0.123. The van der Waals surface area contributed by atoms with E-state index in [-0.39, 0.29) is 23.3 Å². The molecular weight excluding hydrogens is 426 g/mol. The number of carbonyl (C=O) groups is 2. The minimum atomic E-state index is -0.238. The van der Waals surface area contributed by atoms with Crippen molar-refractivity contribution in [2.45, 2.75) is 26.2 Å². The number of thiophene rings is 1. The van der Waals surface area contributed by atoms with E-state index in [0.717, 1.165) is 38.9 Å². The molecule has 1 aromatic carbocycles. The van der Waals surface area contributed by atoms with Crippen LogP contribution in [0.15, 0.2) is 35.4 Å². The number of amides is 2. The van der Waals surface area contributed by atoms with Crippen molar-refractivity contribution in [1.82, 2.24) is 14.5 Å².